The number of piperidine rings is 1. The normalized spacial score (nSPS) is 21.6. The van der Waals surface area contributed by atoms with E-state index in [9.17, 15) is 0 Å². The van der Waals surface area contributed by atoms with E-state index in [1.54, 1.807) is 0 Å². The summed E-state index contributed by atoms with van der Waals surface area (Å²) in [5.41, 5.74) is 7.88. The van der Waals surface area contributed by atoms with E-state index < -0.39 is 0 Å². The van der Waals surface area contributed by atoms with Crippen LogP contribution in [-0.2, 0) is 6.54 Å². The van der Waals surface area contributed by atoms with Gasteiger partial charge in [0.05, 0.1) is 0 Å². The van der Waals surface area contributed by atoms with Gasteiger partial charge in [0.1, 0.15) is 0 Å². The zero-order valence-corrected chi connectivity index (χ0v) is 10.7. The van der Waals surface area contributed by atoms with E-state index in [4.69, 9.17) is 5.73 Å². The largest absolute Gasteiger partial charge is 0.399 e. The van der Waals surface area contributed by atoms with Crippen molar-refractivity contribution in [1.82, 2.24) is 10.2 Å². The molecule has 0 aliphatic carbocycles. The van der Waals surface area contributed by atoms with Gasteiger partial charge in [-0.05, 0) is 56.6 Å². The van der Waals surface area contributed by atoms with E-state index in [1.165, 1.54) is 31.5 Å². The van der Waals surface area contributed by atoms with Gasteiger partial charge >= 0.3 is 0 Å². The minimum atomic E-state index is 0.801. The molecule has 1 saturated heterocycles. The van der Waals surface area contributed by atoms with Crippen molar-refractivity contribution in [1.29, 1.82) is 0 Å². The number of anilines is 1. The minimum Gasteiger partial charge on any atom is -0.399 e. The molecule has 0 bridgehead atoms. The van der Waals surface area contributed by atoms with Crippen LogP contribution in [0.5, 0.6) is 0 Å². The van der Waals surface area contributed by atoms with Crippen LogP contribution in [-0.4, -0.2) is 31.6 Å². The molecular formula is C14H23N3. The molecule has 3 heteroatoms. The lowest BCUT2D eigenvalue weighted by atomic mass is 9.98. The van der Waals surface area contributed by atoms with Gasteiger partial charge < -0.3 is 16.0 Å². The highest BCUT2D eigenvalue weighted by Gasteiger charge is 2.16. The molecular weight excluding hydrogens is 210 g/mol. The first-order valence-corrected chi connectivity index (χ1v) is 6.48. The molecule has 0 saturated carbocycles. The molecule has 1 atom stereocenters. The summed E-state index contributed by atoms with van der Waals surface area (Å²) < 4.78 is 0. The number of rotatable bonds is 4. The van der Waals surface area contributed by atoms with Crippen LogP contribution >= 0.6 is 0 Å². The fourth-order valence-corrected chi connectivity index (χ4v) is 2.56. The molecule has 3 N–H and O–H groups in total. The lowest BCUT2D eigenvalue weighted by molar-refractivity contribution is 0.206. The molecule has 0 aromatic heterocycles. The summed E-state index contributed by atoms with van der Waals surface area (Å²) in [7, 11) is 2.21. The SMILES string of the molecule is CN1CCCC(CNCc2cccc(N)c2)C1. The standard InChI is InChI=1S/C14H23N3/c1-17-7-3-5-13(11-17)10-16-9-12-4-2-6-14(15)8-12/h2,4,6,8,13,16H,3,5,7,9-11,15H2,1H3. The number of nitrogens with two attached hydrogens (primary N) is 1. The Morgan fingerprint density at radius 2 is 2.35 bits per heavy atom. The number of likely N-dealkylation sites (tertiary alicyclic amines) is 1. The number of hydrogen-bond donors (Lipinski definition) is 2. The molecule has 1 fully saturated rings. The van der Waals surface area contributed by atoms with Crippen LogP contribution in [0.4, 0.5) is 5.69 Å². The summed E-state index contributed by atoms with van der Waals surface area (Å²) in [5.74, 6) is 0.801. The van der Waals surface area contributed by atoms with E-state index in [1.807, 2.05) is 18.2 Å². The Labute approximate surface area is 104 Å². The lowest BCUT2D eigenvalue weighted by Crippen LogP contribution is -2.37. The summed E-state index contributed by atoms with van der Waals surface area (Å²) in [6.45, 7) is 4.51. The highest BCUT2D eigenvalue weighted by atomic mass is 15.1. The van der Waals surface area contributed by atoms with Crippen LogP contribution in [0.3, 0.4) is 0 Å². The van der Waals surface area contributed by atoms with Crippen molar-refractivity contribution in [2.45, 2.75) is 19.4 Å². The van der Waals surface area contributed by atoms with Gasteiger partial charge in [0.2, 0.25) is 0 Å². The van der Waals surface area contributed by atoms with Crippen molar-refractivity contribution in [2.24, 2.45) is 5.92 Å². The van der Waals surface area contributed by atoms with Crippen molar-refractivity contribution < 1.29 is 0 Å². The summed E-state index contributed by atoms with van der Waals surface area (Å²) in [5, 5.41) is 3.54. The van der Waals surface area contributed by atoms with Gasteiger partial charge in [-0.15, -0.1) is 0 Å². The Morgan fingerprint density at radius 1 is 1.47 bits per heavy atom. The third-order valence-electron chi connectivity index (χ3n) is 3.44. The summed E-state index contributed by atoms with van der Waals surface area (Å²) >= 11 is 0. The number of nitrogens with zero attached hydrogens (tertiary/aromatic N) is 1. The van der Waals surface area contributed by atoms with Crippen LogP contribution < -0.4 is 11.1 Å². The Hall–Kier alpha value is -1.06. The highest BCUT2D eigenvalue weighted by Crippen LogP contribution is 2.14. The molecule has 1 unspecified atom stereocenters. The smallest absolute Gasteiger partial charge is 0.0317 e. The van der Waals surface area contributed by atoms with Gasteiger partial charge in [0.15, 0.2) is 0 Å². The molecule has 1 aromatic rings. The molecule has 0 radical (unpaired) electrons. The number of nitrogens with one attached hydrogen (secondary N) is 1. The molecule has 1 aromatic carbocycles. The van der Waals surface area contributed by atoms with Gasteiger partial charge in [0, 0.05) is 18.8 Å². The molecule has 0 spiro atoms. The van der Waals surface area contributed by atoms with Crippen molar-refractivity contribution in [2.75, 3.05) is 32.4 Å². The number of nitrogen functional groups attached to an aromatic ring is 1. The highest BCUT2D eigenvalue weighted by molar-refractivity contribution is 5.40. The van der Waals surface area contributed by atoms with Crippen molar-refractivity contribution >= 4 is 5.69 Å². The van der Waals surface area contributed by atoms with E-state index in [0.717, 1.165) is 24.7 Å². The fraction of sp³-hybridized carbons (Fsp3) is 0.571. The Morgan fingerprint density at radius 3 is 3.12 bits per heavy atom. The van der Waals surface area contributed by atoms with Crippen molar-refractivity contribution in [3.8, 4) is 0 Å². The van der Waals surface area contributed by atoms with E-state index >= 15 is 0 Å². The maximum atomic E-state index is 5.76. The van der Waals surface area contributed by atoms with Gasteiger partial charge in [-0.2, -0.15) is 0 Å². The topological polar surface area (TPSA) is 41.3 Å². The Kier molecular flexibility index (Phi) is 4.40. The van der Waals surface area contributed by atoms with Crippen LogP contribution in [0.15, 0.2) is 24.3 Å². The fourth-order valence-electron chi connectivity index (χ4n) is 2.56. The zero-order chi connectivity index (χ0) is 12.1. The van der Waals surface area contributed by atoms with Gasteiger partial charge in [0.25, 0.3) is 0 Å². The Balaban J connectivity index is 1.72. The van der Waals surface area contributed by atoms with E-state index in [-0.39, 0.29) is 0 Å². The van der Waals surface area contributed by atoms with Gasteiger partial charge in [-0.3, -0.25) is 0 Å². The molecule has 17 heavy (non-hydrogen) atoms. The second-order valence-corrected chi connectivity index (χ2v) is 5.15. The van der Waals surface area contributed by atoms with E-state index in [0.29, 0.717) is 0 Å². The minimum absolute atomic E-state index is 0.801. The summed E-state index contributed by atoms with van der Waals surface area (Å²) in [4.78, 5) is 2.43. The second-order valence-electron chi connectivity index (χ2n) is 5.15. The monoisotopic (exact) mass is 233 g/mol. The summed E-state index contributed by atoms with van der Waals surface area (Å²) in [6, 6.07) is 8.11. The molecule has 1 aliphatic rings. The third-order valence-corrected chi connectivity index (χ3v) is 3.44. The van der Waals surface area contributed by atoms with E-state index in [2.05, 4.69) is 23.3 Å². The van der Waals surface area contributed by atoms with Crippen LogP contribution in [0.1, 0.15) is 18.4 Å². The van der Waals surface area contributed by atoms with Crippen LogP contribution in [0.25, 0.3) is 0 Å². The van der Waals surface area contributed by atoms with Crippen LogP contribution in [0, 0.1) is 5.92 Å². The Bertz CT molecular complexity index is 351. The summed E-state index contributed by atoms with van der Waals surface area (Å²) in [6.07, 6.45) is 2.69. The van der Waals surface area contributed by atoms with Crippen LogP contribution in [0.2, 0.25) is 0 Å². The van der Waals surface area contributed by atoms with Crippen molar-refractivity contribution in [3.63, 3.8) is 0 Å². The molecule has 1 heterocycles. The molecule has 2 rings (SSSR count). The quantitative estimate of drug-likeness (QED) is 0.778. The first-order valence-electron chi connectivity index (χ1n) is 6.48. The van der Waals surface area contributed by atoms with Gasteiger partial charge in [-0.25, -0.2) is 0 Å². The third kappa shape index (κ3) is 4.02. The van der Waals surface area contributed by atoms with Gasteiger partial charge in [-0.1, -0.05) is 12.1 Å². The number of hydrogen-bond acceptors (Lipinski definition) is 3. The average Bonchev–Trinajstić information content (AvgIpc) is 2.29. The molecule has 1 aliphatic heterocycles. The zero-order valence-electron chi connectivity index (χ0n) is 10.7. The molecule has 94 valence electrons. The number of benzene rings is 1. The molecule has 0 amide bonds. The average molecular weight is 233 g/mol. The lowest BCUT2D eigenvalue weighted by Gasteiger charge is -2.29. The first-order chi connectivity index (χ1) is 8.24. The maximum Gasteiger partial charge on any atom is 0.0317 e. The predicted octanol–water partition coefficient (Wildman–Crippen LogP) is 1.70. The maximum absolute atomic E-state index is 5.76. The predicted molar refractivity (Wildman–Crippen MR) is 72.8 cm³/mol. The van der Waals surface area contributed by atoms with Crippen molar-refractivity contribution in [3.05, 3.63) is 29.8 Å². The molecule has 3 nitrogen and oxygen atoms in total. The second kappa shape index (κ2) is 6.03. The first kappa shape index (κ1) is 12.4.